The maximum absolute atomic E-state index is 13.8. The van der Waals surface area contributed by atoms with Crippen LogP contribution in [0.2, 0.25) is 0 Å². The van der Waals surface area contributed by atoms with Crippen LogP contribution in [-0.4, -0.2) is 92.9 Å². The molecule has 0 bridgehead atoms. The lowest BCUT2D eigenvalue weighted by molar-refractivity contribution is -0.385. The number of hydrogen-bond acceptors (Lipinski definition) is 12. The third-order valence-electron chi connectivity index (χ3n) is 7.19. The average molecular weight is 618 g/mol. The van der Waals surface area contributed by atoms with Gasteiger partial charge in [-0.25, -0.2) is 9.59 Å². The van der Waals surface area contributed by atoms with E-state index in [0.29, 0.717) is 24.2 Å². The second-order valence-electron chi connectivity index (χ2n) is 10.00. The molecule has 0 aliphatic carbocycles. The lowest BCUT2D eigenvalue weighted by Crippen LogP contribution is -2.60. The second kappa shape index (κ2) is 14.2. The van der Waals surface area contributed by atoms with Gasteiger partial charge in [0.25, 0.3) is 11.4 Å². The number of carbonyl (C=O) groups is 3. The monoisotopic (exact) mass is 617 g/mol. The highest BCUT2D eigenvalue weighted by molar-refractivity contribution is 7.81. The Balaban J connectivity index is 1.38. The maximum atomic E-state index is 13.8. The van der Waals surface area contributed by atoms with E-state index in [4.69, 9.17) is 14.2 Å². The third-order valence-corrected chi connectivity index (χ3v) is 7.57. The maximum Gasteiger partial charge on any atom is 0.510 e. The van der Waals surface area contributed by atoms with Crippen LogP contribution in [0.25, 0.3) is 0 Å². The Morgan fingerprint density at radius 1 is 0.860 bits per heavy atom. The smallest absolute Gasteiger partial charge is 0.445 e. The number of carbonyl (C=O) groups excluding carboxylic acids is 3. The molecule has 2 aromatic carbocycles. The molecule has 43 heavy (non-hydrogen) atoms. The highest BCUT2D eigenvalue weighted by Crippen LogP contribution is 2.27. The molecule has 0 saturated carbocycles. The van der Waals surface area contributed by atoms with Crippen LogP contribution in [0, 0.1) is 20.2 Å². The Labute approximate surface area is 252 Å². The number of piperazine rings is 1. The fourth-order valence-corrected chi connectivity index (χ4v) is 5.20. The molecular weight excluding hydrogens is 586 g/mol. The first-order valence-corrected chi connectivity index (χ1v) is 14.0. The average Bonchev–Trinajstić information content (AvgIpc) is 3.40. The Morgan fingerprint density at radius 2 is 1.42 bits per heavy atom. The van der Waals surface area contributed by atoms with Crippen molar-refractivity contribution in [3.05, 3.63) is 79.9 Å². The van der Waals surface area contributed by atoms with E-state index in [1.54, 1.807) is 0 Å². The molecule has 1 unspecified atom stereocenters. The quantitative estimate of drug-likeness (QED) is 0.189. The zero-order valence-corrected chi connectivity index (χ0v) is 24.2. The van der Waals surface area contributed by atoms with Crippen molar-refractivity contribution in [3.63, 3.8) is 0 Å². The first-order valence-electron chi connectivity index (χ1n) is 13.5. The van der Waals surface area contributed by atoms with Crippen LogP contribution in [0.3, 0.4) is 0 Å². The number of likely N-dealkylation sites (N-methyl/N-ethyl adjacent to an activating group) is 1. The van der Waals surface area contributed by atoms with Gasteiger partial charge in [-0.05, 0) is 48.4 Å². The Kier molecular flexibility index (Phi) is 10.4. The standard InChI is InChI=1S/C27H31N5O10S/c1-2-28-11-12-29(24(15-28)42-27(35)41-17-19-5-9-21(10-6-19)32(38)39)25(33)23-13-22(43)14-30(23)26(34)40-16-18-3-7-20(8-4-18)31(36)37/h3-10,22-24,43H,2,11-17H2,1H3/t22-,23-,24?/m0/s1. The van der Waals surface area contributed by atoms with E-state index in [1.165, 1.54) is 58.3 Å². The summed E-state index contributed by atoms with van der Waals surface area (Å²) in [6.07, 6.45) is -2.47. The van der Waals surface area contributed by atoms with Crippen LogP contribution in [-0.2, 0) is 32.2 Å². The van der Waals surface area contributed by atoms with Crippen molar-refractivity contribution >= 4 is 42.2 Å². The molecule has 0 aromatic heterocycles. The fourth-order valence-electron chi connectivity index (χ4n) is 4.83. The summed E-state index contributed by atoms with van der Waals surface area (Å²) in [4.78, 5) is 64.7. The summed E-state index contributed by atoms with van der Waals surface area (Å²) in [6, 6.07) is 10.2. The van der Waals surface area contributed by atoms with Crippen molar-refractivity contribution in [2.45, 2.75) is 44.1 Å². The molecule has 2 saturated heterocycles. The molecule has 2 aliphatic heterocycles. The topological polar surface area (TPSA) is 175 Å². The number of nitro groups is 2. The SMILES string of the molecule is CCN1CCN(C(=O)[C@@H]2C[C@H](S)CN2C(=O)OCc2ccc([N+](=O)[O-])cc2)C(OC(=O)OCc2ccc([N+](=O)[O-])cc2)C1. The fraction of sp³-hybridized carbons (Fsp3) is 0.444. The molecule has 0 radical (unpaired) electrons. The summed E-state index contributed by atoms with van der Waals surface area (Å²) in [5.74, 6) is -0.423. The number of non-ortho nitro benzene ring substituents is 2. The van der Waals surface area contributed by atoms with Crippen molar-refractivity contribution in [1.82, 2.24) is 14.7 Å². The van der Waals surface area contributed by atoms with Crippen molar-refractivity contribution < 1.29 is 38.4 Å². The molecule has 2 aromatic rings. The number of likely N-dealkylation sites (tertiary alicyclic amines) is 1. The Morgan fingerprint density at radius 3 is 1.95 bits per heavy atom. The van der Waals surface area contributed by atoms with Crippen molar-refractivity contribution in [3.8, 4) is 0 Å². The Hall–Kier alpha value is -4.44. The van der Waals surface area contributed by atoms with Crippen LogP contribution < -0.4 is 0 Å². The van der Waals surface area contributed by atoms with E-state index in [1.807, 2.05) is 11.8 Å². The van der Waals surface area contributed by atoms with Gasteiger partial charge < -0.3 is 19.1 Å². The normalized spacial score (nSPS) is 20.4. The second-order valence-corrected chi connectivity index (χ2v) is 10.7. The first kappa shape index (κ1) is 31.5. The third kappa shape index (κ3) is 8.10. The number of rotatable bonds is 9. The van der Waals surface area contributed by atoms with E-state index in [2.05, 4.69) is 12.6 Å². The minimum absolute atomic E-state index is 0.0895. The van der Waals surface area contributed by atoms with Crippen LogP contribution in [0.15, 0.2) is 48.5 Å². The van der Waals surface area contributed by atoms with Crippen LogP contribution in [0.1, 0.15) is 24.5 Å². The highest BCUT2D eigenvalue weighted by atomic mass is 32.1. The molecule has 2 heterocycles. The molecule has 16 heteroatoms. The van der Waals surface area contributed by atoms with Gasteiger partial charge >= 0.3 is 12.2 Å². The van der Waals surface area contributed by atoms with E-state index < -0.39 is 40.3 Å². The number of nitrogens with zero attached hydrogens (tertiary/aromatic N) is 5. The Bertz CT molecular complexity index is 1340. The van der Waals surface area contributed by atoms with Crippen molar-refractivity contribution in [2.75, 3.05) is 32.7 Å². The zero-order valence-electron chi connectivity index (χ0n) is 23.3. The van der Waals surface area contributed by atoms with Crippen molar-refractivity contribution in [1.29, 1.82) is 0 Å². The number of thiol groups is 1. The molecule has 2 aliphatic rings. The predicted molar refractivity (Wildman–Crippen MR) is 153 cm³/mol. The van der Waals surface area contributed by atoms with Gasteiger partial charge in [-0.15, -0.1) is 0 Å². The summed E-state index contributed by atoms with van der Waals surface area (Å²) < 4.78 is 16.2. The zero-order chi connectivity index (χ0) is 31.1. The van der Waals surface area contributed by atoms with E-state index in [9.17, 15) is 34.6 Å². The highest BCUT2D eigenvalue weighted by Gasteiger charge is 2.44. The predicted octanol–water partition coefficient (Wildman–Crippen LogP) is 3.36. The summed E-state index contributed by atoms with van der Waals surface area (Å²) in [5, 5.41) is 21.4. The van der Waals surface area contributed by atoms with Gasteiger partial charge in [-0.2, -0.15) is 12.6 Å². The van der Waals surface area contributed by atoms with E-state index >= 15 is 0 Å². The lowest BCUT2D eigenvalue weighted by atomic mass is 10.1. The number of nitro benzene ring substituents is 2. The summed E-state index contributed by atoms with van der Waals surface area (Å²) >= 11 is 4.48. The van der Waals surface area contributed by atoms with Crippen molar-refractivity contribution in [2.24, 2.45) is 0 Å². The summed E-state index contributed by atoms with van der Waals surface area (Å²) in [6.45, 7) is 3.43. The number of benzene rings is 2. The van der Waals surface area contributed by atoms with Gasteiger partial charge in [0, 0.05) is 49.1 Å². The van der Waals surface area contributed by atoms with Gasteiger partial charge in [-0.3, -0.25) is 34.8 Å². The summed E-state index contributed by atoms with van der Waals surface area (Å²) in [5.41, 5.74) is 0.873. The largest absolute Gasteiger partial charge is 0.510 e. The van der Waals surface area contributed by atoms with E-state index in [0.717, 1.165) is 0 Å². The molecule has 4 rings (SSSR count). The first-order chi connectivity index (χ1) is 20.5. The molecule has 0 spiro atoms. The molecule has 2 amide bonds. The molecule has 15 nitrogen and oxygen atoms in total. The van der Waals surface area contributed by atoms with Gasteiger partial charge in [0.05, 0.1) is 16.4 Å². The lowest BCUT2D eigenvalue weighted by Gasteiger charge is -2.41. The van der Waals surface area contributed by atoms with Crippen LogP contribution >= 0.6 is 12.6 Å². The van der Waals surface area contributed by atoms with E-state index in [-0.39, 0.29) is 55.9 Å². The number of ether oxygens (including phenoxy) is 3. The number of hydrogen-bond donors (Lipinski definition) is 1. The van der Waals surface area contributed by atoms with Gasteiger partial charge in [0.1, 0.15) is 19.3 Å². The number of amides is 2. The molecule has 0 N–H and O–H groups in total. The molecular formula is C27H31N5O10S. The van der Waals surface area contributed by atoms with Crippen LogP contribution in [0.4, 0.5) is 21.0 Å². The molecule has 2 fully saturated rings. The minimum Gasteiger partial charge on any atom is -0.445 e. The summed E-state index contributed by atoms with van der Waals surface area (Å²) in [7, 11) is 0. The molecule has 230 valence electrons. The van der Waals surface area contributed by atoms with Crippen LogP contribution in [0.5, 0.6) is 0 Å². The van der Waals surface area contributed by atoms with Gasteiger partial charge in [0.2, 0.25) is 5.91 Å². The molecule has 3 atom stereocenters. The van der Waals surface area contributed by atoms with Gasteiger partial charge in [-0.1, -0.05) is 6.92 Å². The minimum atomic E-state index is -1.02. The van der Waals surface area contributed by atoms with Gasteiger partial charge in [0.15, 0.2) is 6.23 Å².